The maximum atomic E-state index is 12.8. The summed E-state index contributed by atoms with van der Waals surface area (Å²) in [6.07, 6.45) is 4.17. The first-order chi connectivity index (χ1) is 15.9. The van der Waals surface area contributed by atoms with Gasteiger partial charge in [0, 0.05) is 35.5 Å². The topological polar surface area (TPSA) is 84.3 Å². The van der Waals surface area contributed by atoms with Crippen LogP contribution in [0.3, 0.4) is 0 Å². The van der Waals surface area contributed by atoms with Crippen LogP contribution in [0.15, 0.2) is 72.3 Å². The van der Waals surface area contributed by atoms with Crippen LogP contribution < -0.4 is 5.32 Å². The summed E-state index contributed by atoms with van der Waals surface area (Å²) in [6, 6.07) is 18.5. The van der Waals surface area contributed by atoms with Crippen molar-refractivity contribution in [2.24, 2.45) is 5.92 Å². The molecule has 2 heterocycles. The zero-order chi connectivity index (χ0) is 23.3. The van der Waals surface area contributed by atoms with Crippen molar-refractivity contribution in [2.45, 2.75) is 19.4 Å². The Morgan fingerprint density at radius 1 is 1.06 bits per heavy atom. The molecule has 0 saturated carbocycles. The van der Waals surface area contributed by atoms with Gasteiger partial charge < -0.3 is 5.32 Å². The summed E-state index contributed by atoms with van der Waals surface area (Å²) in [5, 5.41) is 9.14. The van der Waals surface area contributed by atoms with Crippen molar-refractivity contribution in [3.8, 4) is 0 Å². The highest BCUT2D eigenvalue weighted by Crippen LogP contribution is 2.23. The van der Waals surface area contributed by atoms with Crippen molar-refractivity contribution in [1.82, 2.24) is 14.1 Å². The van der Waals surface area contributed by atoms with Crippen molar-refractivity contribution in [2.75, 3.05) is 18.4 Å². The minimum absolute atomic E-state index is 0.121. The molecule has 7 nitrogen and oxygen atoms in total. The van der Waals surface area contributed by atoms with E-state index in [4.69, 9.17) is 11.6 Å². The average Bonchev–Trinajstić information content (AvgIpc) is 3.26. The van der Waals surface area contributed by atoms with Gasteiger partial charge in [-0.1, -0.05) is 54.1 Å². The van der Waals surface area contributed by atoms with Crippen molar-refractivity contribution in [3.63, 3.8) is 0 Å². The second-order valence-electron chi connectivity index (χ2n) is 7.92. The van der Waals surface area contributed by atoms with E-state index in [1.54, 1.807) is 23.0 Å². The number of piperidine rings is 1. The Balaban J connectivity index is 1.32. The molecule has 0 unspecified atom stereocenters. The predicted molar refractivity (Wildman–Crippen MR) is 130 cm³/mol. The summed E-state index contributed by atoms with van der Waals surface area (Å²) < 4.78 is 28.4. The number of nitrogens with zero attached hydrogens (tertiary/aromatic N) is 3. The lowest BCUT2D eigenvalue weighted by Gasteiger charge is -2.29. The fourth-order valence-electron chi connectivity index (χ4n) is 3.74. The first-order valence-electron chi connectivity index (χ1n) is 10.7. The van der Waals surface area contributed by atoms with Crippen LogP contribution in [0.25, 0.3) is 6.08 Å². The molecule has 0 atom stereocenters. The van der Waals surface area contributed by atoms with E-state index in [2.05, 4.69) is 10.4 Å². The molecule has 0 spiro atoms. The number of anilines is 1. The molecule has 0 radical (unpaired) electrons. The second-order valence-corrected chi connectivity index (χ2v) is 10.2. The maximum Gasteiger partial charge on any atom is 0.236 e. The molecule has 0 aliphatic carbocycles. The van der Waals surface area contributed by atoms with Gasteiger partial charge in [-0.25, -0.2) is 13.1 Å². The van der Waals surface area contributed by atoms with Crippen LogP contribution in [-0.4, -0.2) is 41.5 Å². The Kier molecular flexibility index (Phi) is 7.27. The summed E-state index contributed by atoms with van der Waals surface area (Å²) in [5.41, 5.74) is 1.84. The lowest BCUT2D eigenvalue weighted by Crippen LogP contribution is -2.40. The Bertz CT molecular complexity index is 1220. The number of carbonyl (C=O) groups is 1. The Hall–Kier alpha value is -2.94. The highest BCUT2D eigenvalue weighted by molar-refractivity contribution is 7.92. The van der Waals surface area contributed by atoms with Gasteiger partial charge in [0.2, 0.25) is 15.9 Å². The van der Waals surface area contributed by atoms with E-state index >= 15 is 0 Å². The molecule has 1 amide bonds. The molecule has 2 aromatic carbocycles. The minimum Gasteiger partial charge on any atom is -0.311 e. The van der Waals surface area contributed by atoms with E-state index in [9.17, 15) is 13.2 Å². The number of sulfonamides is 1. The molecule has 1 aliphatic rings. The van der Waals surface area contributed by atoms with E-state index in [0.717, 1.165) is 11.1 Å². The summed E-state index contributed by atoms with van der Waals surface area (Å²) in [5.74, 6) is 0.231. The van der Waals surface area contributed by atoms with E-state index in [0.29, 0.717) is 43.3 Å². The summed E-state index contributed by atoms with van der Waals surface area (Å²) in [4.78, 5) is 12.8. The smallest absolute Gasteiger partial charge is 0.236 e. The zero-order valence-electron chi connectivity index (χ0n) is 18.0. The number of hydrogen-bond donors (Lipinski definition) is 1. The molecule has 1 fully saturated rings. The molecule has 172 valence electrons. The normalized spacial score (nSPS) is 15.7. The third-order valence-corrected chi connectivity index (χ3v) is 7.45. The maximum absolute atomic E-state index is 12.8. The molecule has 9 heteroatoms. The van der Waals surface area contributed by atoms with Gasteiger partial charge in [-0.2, -0.15) is 9.40 Å². The van der Waals surface area contributed by atoms with Crippen molar-refractivity contribution in [3.05, 3.63) is 88.4 Å². The van der Waals surface area contributed by atoms with Crippen molar-refractivity contribution in [1.29, 1.82) is 0 Å². The molecule has 3 aromatic rings. The summed E-state index contributed by atoms with van der Waals surface area (Å²) >= 11 is 5.94. The lowest BCUT2D eigenvalue weighted by atomic mass is 9.97. The number of rotatable bonds is 7. The number of amides is 1. The molecule has 0 bridgehead atoms. The molecule has 4 rings (SSSR count). The van der Waals surface area contributed by atoms with Gasteiger partial charge >= 0.3 is 0 Å². The molecule has 1 saturated heterocycles. The van der Waals surface area contributed by atoms with Crippen LogP contribution in [0.1, 0.15) is 24.0 Å². The van der Waals surface area contributed by atoms with Gasteiger partial charge in [-0.15, -0.1) is 0 Å². The molecule has 33 heavy (non-hydrogen) atoms. The molecule has 1 aliphatic heterocycles. The Morgan fingerprint density at radius 3 is 2.45 bits per heavy atom. The largest absolute Gasteiger partial charge is 0.311 e. The van der Waals surface area contributed by atoms with Crippen molar-refractivity contribution < 1.29 is 13.2 Å². The fraction of sp³-hybridized carbons (Fsp3) is 0.250. The van der Waals surface area contributed by atoms with Gasteiger partial charge in [0.15, 0.2) is 0 Å². The average molecular weight is 485 g/mol. The first-order valence-corrected chi connectivity index (χ1v) is 12.6. The number of hydrogen-bond acceptors (Lipinski definition) is 4. The van der Waals surface area contributed by atoms with Gasteiger partial charge in [0.25, 0.3) is 0 Å². The monoisotopic (exact) mass is 484 g/mol. The molecule has 1 aromatic heterocycles. The van der Waals surface area contributed by atoms with Gasteiger partial charge in [-0.3, -0.25) is 4.79 Å². The van der Waals surface area contributed by atoms with Crippen molar-refractivity contribution >= 4 is 39.4 Å². The van der Waals surface area contributed by atoms with Crippen LogP contribution in [0.4, 0.5) is 5.82 Å². The summed E-state index contributed by atoms with van der Waals surface area (Å²) in [7, 11) is -3.53. The molecular formula is C24H25ClN4O3S. The highest BCUT2D eigenvalue weighted by Gasteiger charge is 2.30. The fourth-order valence-corrected chi connectivity index (χ4v) is 5.09. The van der Waals surface area contributed by atoms with Crippen LogP contribution in [-0.2, 0) is 21.4 Å². The van der Waals surface area contributed by atoms with Gasteiger partial charge in [-0.05, 0) is 42.2 Å². The third-order valence-electron chi connectivity index (χ3n) is 5.63. The quantitative estimate of drug-likeness (QED) is 0.543. The van der Waals surface area contributed by atoms with Crippen LogP contribution in [0, 0.1) is 5.92 Å². The standard InChI is InChI=1S/C24H25ClN4O3S/c25-22-8-6-20(7-9-22)18-29-23(10-14-26-29)27-24(30)21-11-15-28(16-12-21)33(31,32)17-13-19-4-2-1-3-5-19/h1-10,13-14,17,21H,11-12,15-16,18H2,(H,27,30)/b17-13+. The zero-order valence-corrected chi connectivity index (χ0v) is 19.5. The Morgan fingerprint density at radius 2 is 1.76 bits per heavy atom. The molecule has 1 N–H and O–H groups in total. The molecular weight excluding hydrogens is 460 g/mol. The van der Waals surface area contributed by atoms with Crippen LogP contribution in [0.5, 0.6) is 0 Å². The van der Waals surface area contributed by atoms with Crippen LogP contribution >= 0.6 is 11.6 Å². The van der Waals surface area contributed by atoms with Gasteiger partial charge in [0.1, 0.15) is 5.82 Å². The highest BCUT2D eigenvalue weighted by atomic mass is 35.5. The number of carbonyl (C=O) groups excluding carboxylic acids is 1. The minimum atomic E-state index is -3.53. The first kappa shape index (κ1) is 23.2. The van der Waals surface area contributed by atoms with E-state index in [1.165, 1.54) is 9.71 Å². The number of halogens is 1. The van der Waals surface area contributed by atoms with E-state index in [1.807, 2.05) is 54.6 Å². The second kappa shape index (κ2) is 10.3. The van der Waals surface area contributed by atoms with Gasteiger partial charge in [0.05, 0.1) is 12.7 Å². The van der Waals surface area contributed by atoms with E-state index in [-0.39, 0.29) is 11.8 Å². The Labute approximate surface area is 198 Å². The predicted octanol–water partition coefficient (Wildman–Crippen LogP) is 4.24. The van der Waals surface area contributed by atoms with E-state index < -0.39 is 10.0 Å². The summed E-state index contributed by atoms with van der Waals surface area (Å²) in [6.45, 7) is 1.12. The van der Waals surface area contributed by atoms with Crippen LogP contribution in [0.2, 0.25) is 5.02 Å². The number of aromatic nitrogens is 2. The third kappa shape index (κ3) is 6.10. The lowest BCUT2D eigenvalue weighted by molar-refractivity contribution is -0.121. The SMILES string of the molecule is O=C(Nc1ccnn1Cc1ccc(Cl)cc1)C1CCN(S(=O)(=O)/C=C/c2ccccc2)CC1. The number of benzene rings is 2. The number of nitrogens with one attached hydrogen (secondary N) is 1.